The number of rotatable bonds is 8. The van der Waals surface area contributed by atoms with Gasteiger partial charge in [0.05, 0.1) is 18.7 Å². The van der Waals surface area contributed by atoms with E-state index in [1.165, 1.54) is 11.3 Å². The van der Waals surface area contributed by atoms with Gasteiger partial charge in [0.2, 0.25) is 0 Å². The Morgan fingerprint density at radius 1 is 1.15 bits per heavy atom. The van der Waals surface area contributed by atoms with Crippen molar-refractivity contribution in [1.82, 2.24) is 9.97 Å². The van der Waals surface area contributed by atoms with E-state index >= 15 is 0 Å². The van der Waals surface area contributed by atoms with Gasteiger partial charge in [-0.3, -0.25) is 14.6 Å². The van der Waals surface area contributed by atoms with Crippen molar-refractivity contribution >= 4 is 23.1 Å². The van der Waals surface area contributed by atoms with Crippen LogP contribution in [0.25, 0.3) is 10.6 Å². The number of Topliss-reactive ketones (excluding diaryl/α,β-unsaturated/α-hetero) is 1. The third-order valence-electron chi connectivity index (χ3n) is 3.64. The minimum absolute atomic E-state index is 0.0212. The second-order valence-electron chi connectivity index (χ2n) is 5.60. The number of benzene rings is 1. The van der Waals surface area contributed by atoms with Crippen molar-refractivity contribution in [2.45, 2.75) is 13.3 Å². The molecule has 0 unspecified atom stereocenters. The van der Waals surface area contributed by atoms with E-state index in [0.29, 0.717) is 23.6 Å². The van der Waals surface area contributed by atoms with Gasteiger partial charge < -0.3 is 9.47 Å². The topological polar surface area (TPSA) is 78.4 Å². The molecule has 0 aliphatic heterocycles. The molecular weight excluding hydrogens is 364 g/mol. The van der Waals surface area contributed by atoms with Gasteiger partial charge in [0.15, 0.2) is 12.4 Å². The smallest absolute Gasteiger partial charge is 0.312 e. The minimum Gasteiger partial charge on any atom is -0.494 e. The summed E-state index contributed by atoms with van der Waals surface area (Å²) >= 11 is 1.43. The fourth-order valence-electron chi connectivity index (χ4n) is 2.34. The number of carbonyl (C=O) groups is 2. The highest BCUT2D eigenvalue weighted by molar-refractivity contribution is 7.13. The summed E-state index contributed by atoms with van der Waals surface area (Å²) in [5.41, 5.74) is 1.98. The van der Waals surface area contributed by atoms with Crippen molar-refractivity contribution < 1.29 is 19.1 Å². The van der Waals surface area contributed by atoms with E-state index in [1.54, 1.807) is 42.0 Å². The number of ketones is 1. The Labute approximate surface area is 160 Å². The van der Waals surface area contributed by atoms with E-state index in [-0.39, 0.29) is 18.8 Å². The van der Waals surface area contributed by atoms with E-state index in [4.69, 9.17) is 9.47 Å². The number of pyridine rings is 1. The Hall–Kier alpha value is -3.06. The first-order chi connectivity index (χ1) is 13.2. The van der Waals surface area contributed by atoms with Gasteiger partial charge in [0.25, 0.3) is 0 Å². The number of aromatic nitrogens is 2. The fourth-order valence-corrected chi connectivity index (χ4v) is 3.15. The highest BCUT2D eigenvalue weighted by atomic mass is 32.1. The van der Waals surface area contributed by atoms with Crippen molar-refractivity contribution in [3.05, 3.63) is 65.4 Å². The van der Waals surface area contributed by atoms with E-state index < -0.39 is 5.97 Å². The molecule has 0 spiro atoms. The van der Waals surface area contributed by atoms with Crippen LogP contribution in [-0.2, 0) is 16.0 Å². The van der Waals surface area contributed by atoms with Crippen LogP contribution in [0.2, 0.25) is 0 Å². The Morgan fingerprint density at radius 2 is 1.96 bits per heavy atom. The van der Waals surface area contributed by atoms with Gasteiger partial charge in [-0.05, 0) is 43.3 Å². The van der Waals surface area contributed by atoms with Crippen LogP contribution < -0.4 is 4.74 Å². The molecule has 0 saturated carbocycles. The van der Waals surface area contributed by atoms with Crippen LogP contribution >= 0.6 is 11.3 Å². The normalized spacial score (nSPS) is 10.4. The van der Waals surface area contributed by atoms with Crippen molar-refractivity contribution in [3.8, 4) is 16.3 Å². The number of esters is 1. The Morgan fingerprint density at radius 3 is 2.67 bits per heavy atom. The summed E-state index contributed by atoms with van der Waals surface area (Å²) in [5, 5.41) is 2.59. The lowest BCUT2D eigenvalue weighted by Gasteiger charge is -2.05. The average molecular weight is 382 g/mol. The molecule has 0 saturated heterocycles. The highest BCUT2D eigenvalue weighted by Gasteiger charge is 2.13. The molecule has 0 radical (unpaired) electrons. The average Bonchev–Trinajstić information content (AvgIpc) is 3.16. The molecule has 7 heteroatoms. The number of ether oxygens (including phenoxy) is 2. The molecule has 3 aromatic rings. The summed E-state index contributed by atoms with van der Waals surface area (Å²) in [7, 11) is 0. The van der Waals surface area contributed by atoms with E-state index in [0.717, 1.165) is 10.6 Å². The maximum Gasteiger partial charge on any atom is 0.312 e. The molecule has 1 aromatic carbocycles. The van der Waals surface area contributed by atoms with Crippen molar-refractivity contribution in [2.75, 3.05) is 13.2 Å². The zero-order valence-electron chi connectivity index (χ0n) is 14.8. The zero-order valence-corrected chi connectivity index (χ0v) is 15.6. The van der Waals surface area contributed by atoms with Crippen LogP contribution in [0, 0.1) is 0 Å². The van der Waals surface area contributed by atoms with Crippen molar-refractivity contribution in [3.63, 3.8) is 0 Å². The van der Waals surface area contributed by atoms with Crippen LogP contribution in [0.4, 0.5) is 0 Å². The molecule has 0 aliphatic rings. The van der Waals surface area contributed by atoms with Crippen LogP contribution in [0.1, 0.15) is 23.0 Å². The van der Waals surface area contributed by atoms with Crippen LogP contribution in [0.15, 0.2) is 54.2 Å². The largest absolute Gasteiger partial charge is 0.494 e. The zero-order chi connectivity index (χ0) is 19.1. The van der Waals surface area contributed by atoms with Crippen LogP contribution in [0.5, 0.6) is 5.75 Å². The van der Waals surface area contributed by atoms with Gasteiger partial charge in [-0.25, -0.2) is 4.98 Å². The lowest BCUT2D eigenvalue weighted by molar-refractivity contribution is -0.141. The van der Waals surface area contributed by atoms with Gasteiger partial charge in [-0.15, -0.1) is 11.3 Å². The van der Waals surface area contributed by atoms with Gasteiger partial charge in [0.1, 0.15) is 10.8 Å². The lowest BCUT2D eigenvalue weighted by atomic mass is 10.1. The molecular formula is C20H18N2O4S. The minimum atomic E-state index is -0.489. The standard InChI is InChI=1S/C20H18N2O4S/c1-2-25-17-7-5-14(6-8-17)18(23)12-26-19(24)10-16-13-27-20(22-16)15-4-3-9-21-11-15/h3-9,11,13H,2,10,12H2,1H3. The highest BCUT2D eigenvalue weighted by Crippen LogP contribution is 2.22. The maximum atomic E-state index is 12.1. The first-order valence-electron chi connectivity index (χ1n) is 8.42. The SMILES string of the molecule is CCOc1ccc(C(=O)COC(=O)Cc2csc(-c3cccnc3)n2)cc1. The van der Waals surface area contributed by atoms with Crippen molar-refractivity contribution in [2.24, 2.45) is 0 Å². The second-order valence-corrected chi connectivity index (χ2v) is 6.46. The molecule has 6 nitrogen and oxygen atoms in total. The Balaban J connectivity index is 1.51. The van der Waals surface area contributed by atoms with Crippen LogP contribution in [0.3, 0.4) is 0 Å². The van der Waals surface area contributed by atoms with Gasteiger partial charge >= 0.3 is 5.97 Å². The van der Waals surface area contributed by atoms with Gasteiger partial charge in [0, 0.05) is 28.9 Å². The van der Waals surface area contributed by atoms with Gasteiger partial charge in [-0.2, -0.15) is 0 Å². The van der Waals surface area contributed by atoms with E-state index in [2.05, 4.69) is 9.97 Å². The summed E-state index contributed by atoms with van der Waals surface area (Å²) in [5.74, 6) is -0.0583. The first kappa shape index (κ1) is 18.7. The summed E-state index contributed by atoms with van der Waals surface area (Å²) in [6.07, 6.45) is 3.43. The predicted molar refractivity (Wildman–Crippen MR) is 102 cm³/mol. The molecule has 0 fully saturated rings. The molecule has 0 N–H and O–H groups in total. The quantitative estimate of drug-likeness (QED) is 0.438. The van der Waals surface area contributed by atoms with Gasteiger partial charge in [-0.1, -0.05) is 0 Å². The van der Waals surface area contributed by atoms with E-state index in [9.17, 15) is 9.59 Å². The Bertz CT molecular complexity index is 907. The first-order valence-corrected chi connectivity index (χ1v) is 9.30. The molecule has 27 heavy (non-hydrogen) atoms. The number of thiazole rings is 1. The number of carbonyl (C=O) groups excluding carboxylic acids is 2. The molecule has 0 amide bonds. The lowest BCUT2D eigenvalue weighted by Crippen LogP contribution is -2.15. The Kier molecular flexibility index (Phi) is 6.27. The number of hydrogen-bond donors (Lipinski definition) is 0. The summed E-state index contributed by atoms with van der Waals surface area (Å²) in [6, 6.07) is 10.5. The van der Waals surface area contributed by atoms with E-state index in [1.807, 2.05) is 19.1 Å². The molecule has 0 bridgehead atoms. The maximum absolute atomic E-state index is 12.1. The molecule has 0 atom stereocenters. The molecule has 2 heterocycles. The molecule has 3 rings (SSSR count). The fraction of sp³-hybridized carbons (Fsp3) is 0.200. The summed E-state index contributed by atoms with van der Waals surface area (Å²) in [6.45, 7) is 2.15. The van der Waals surface area contributed by atoms with Crippen molar-refractivity contribution in [1.29, 1.82) is 0 Å². The molecule has 2 aromatic heterocycles. The number of nitrogens with zero attached hydrogens (tertiary/aromatic N) is 2. The number of hydrogen-bond acceptors (Lipinski definition) is 7. The molecule has 0 aliphatic carbocycles. The predicted octanol–water partition coefficient (Wildman–Crippen LogP) is 3.57. The monoisotopic (exact) mass is 382 g/mol. The summed E-state index contributed by atoms with van der Waals surface area (Å²) < 4.78 is 10.4. The van der Waals surface area contributed by atoms with Crippen LogP contribution in [-0.4, -0.2) is 34.9 Å². The third kappa shape index (κ3) is 5.21. The second kappa shape index (κ2) is 9.05. The third-order valence-corrected chi connectivity index (χ3v) is 4.58. The summed E-state index contributed by atoms with van der Waals surface area (Å²) in [4.78, 5) is 32.6. The molecule has 138 valence electrons.